The third-order valence-corrected chi connectivity index (χ3v) is 5.29. The van der Waals surface area contributed by atoms with E-state index in [0.717, 1.165) is 38.5 Å². The van der Waals surface area contributed by atoms with Gasteiger partial charge in [-0.2, -0.15) is 0 Å². The van der Waals surface area contributed by atoms with Gasteiger partial charge in [0.2, 0.25) is 0 Å². The van der Waals surface area contributed by atoms with Crippen LogP contribution < -0.4 is 29.6 Å². The molecule has 0 radical (unpaired) electrons. The van der Waals surface area contributed by atoms with E-state index >= 15 is 0 Å². The molecule has 6 heteroatoms. The minimum Gasteiger partial charge on any atom is -0.748 e. The Hall–Kier alpha value is 0.870. The van der Waals surface area contributed by atoms with Crippen LogP contribution in [0, 0.1) is 0 Å². The summed E-state index contributed by atoms with van der Waals surface area (Å²) in [6.07, 6.45) is 9.96. The van der Waals surface area contributed by atoms with E-state index in [-0.39, 0.29) is 29.6 Å². The van der Waals surface area contributed by atoms with Crippen LogP contribution in [0.3, 0.4) is 0 Å². The van der Waals surface area contributed by atoms with Crippen LogP contribution in [0.15, 0.2) is 0 Å². The van der Waals surface area contributed by atoms with Gasteiger partial charge in [0, 0.05) is 0 Å². The molecule has 0 bridgehead atoms. The van der Waals surface area contributed by atoms with Crippen molar-refractivity contribution in [2.75, 3.05) is 0 Å². The Morgan fingerprint density at radius 1 is 0.818 bits per heavy atom. The molecule has 0 aliphatic carbocycles. The summed E-state index contributed by atoms with van der Waals surface area (Å²) in [7, 11) is -4.40. The number of hydrogen-bond donors (Lipinski definition) is 1. The largest absolute Gasteiger partial charge is 1.00 e. The zero-order valence-electron chi connectivity index (χ0n) is 14.7. The zero-order chi connectivity index (χ0) is 16.1. The van der Waals surface area contributed by atoms with Crippen molar-refractivity contribution >= 4 is 10.1 Å². The SMILES string of the molecule is CCCCCCCCC(O)C(CCCCCC)S(=O)(=O)[O-].[Na+]. The van der Waals surface area contributed by atoms with Crippen molar-refractivity contribution in [3.05, 3.63) is 0 Å². The van der Waals surface area contributed by atoms with E-state index < -0.39 is 21.5 Å². The summed E-state index contributed by atoms with van der Waals surface area (Å²) in [6, 6.07) is 0. The van der Waals surface area contributed by atoms with Gasteiger partial charge in [0.05, 0.1) is 11.4 Å². The van der Waals surface area contributed by atoms with Gasteiger partial charge < -0.3 is 9.66 Å². The molecule has 2 unspecified atom stereocenters. The second-order valence-corrected chi connectivity index (χ2v) is 7.60. The fourth-order valence-corrected chi connectivity index (χ4v) is 3.60. The first-order valence-electron chi connectivity index (χ1n) is 8.56. The van der Waals surface area contributed by atoms with Gasteiger partial charge in [0.15, 0.2) is 0 Å². The Balaban J connectivity index is 0. The van der Waals surface area contributed by atoms with E-state index in [2.05, 4.69) is 13.8 Å². The van der Waals surface area contributed by atoms with Gasteiger partial charge in [-0.3, -0.25) is 0 Å². The quantitative estimate of drug-likeness (QED) is 0.290. The summed E-state index contributed by atoms with van der Waals surface area (Å²) < 4.78 is 33.9. The number of hydrogen-bond acceptors (Lipinski definition) is 4. The van der Waals surface area contributed by atoms with Gasteiger partial charge in [-0.25, -0.2) is 8.42 Å². The van der Waals surface area contributed by atoms with Gasteiger partial charge >= 0.3 is 29.6 Å². The van der Waals surface area contributed by atoms with Crippen LogP contribution in [-0.2, 0) is 10.1 Å². The van der Waals surface area contributed by atoms with Crippen molar-refractivity contribution < 1.29 is 47.6 Å². The number of unbranched alkanes of at least 4 members (excludes halogenated alkanes) is 8. The summed E-state index contributed by atoms with van der Waals surface area (Å²) in [5, 5.41) is 8.90. The zero-order valence-corrected chi connectivity index (χ0v) is 17.5. The molecule has 0 aliphatic heterocycles. The third-order valence-electron chi connectivity index (χ3n) is 4.00. The fourth-order valence-electron chi connectivity index (χ4n) is 2.62. The van der Waals surface area contributed by atoms with Gasteiger partial charge in [-0.1, -0.05) is 78.1 Å². The predicted octanol–water partition coefficient (Wildman–Crippen LogP) is 0.986. The summed E-state index contributed by atoms with van der Waals surface area (Å²) in [6.45, 7) is 4.24. The van der Waals surface area contributed by atoms with E-state index in [1.165, 1.54) is 19.3 Å². The molecular weight excluding hydrogens is 311 g/mol. The van der Waals surface area contributed by atoms with E-state index in [1.807, 2.05) is 0 Å². The molecule has 0 heterocycles. The Morgan fingerprint density at radius 3 is 1.73 bits per heavy atom. The Labute approximate surface area is 159 Å². The molecule has 0 aromatic rings. The first kappa shape index (κ1) is 25.1. The van der Waals surface area contributed by atoms with E-state index in [1.54, 1.807) is 0 Å². The Bertz CT molecular complexity index is 333. The summed E-state index contributed by atoms with van der Waals surface area (Å²) in [5.41, 5.74) is 0. The van der Waals surface area contributed by atoms with Crippen LogP contribution in [0.4, 0.5) is 0 Å². The topological polar surface area (TPSA) is 77.4 Å². The molecule has 1 N–H and O–H groups in total. The molecule has 0 saturated heterocycles. The van der Waals surface area contributed by atoms with Gasteiger partial charge in [0.25, 0.3) is 0 Å². The minimum absolute atomic E-state index is 0. The van der Waals surface area contributed by atoms with E-state index in [4.69, 9.17) is 0 Å². The predicted molar refractivity (Wildman–Crippen MR) is 86.2 cm³/mol. The maximum absolute atomic E-state index is 11.3. The number of aliphatic hydroxyl groups excluding tert-OH is 1. The molecule has 0 aliphatic rings. The van der Waals surface area contributed by atoms with Gasteiger partial charge in [-0.15, -0.1) is 0 Å². The van der Waals surface area contributed by atoms with Crippen LogP contribution in [0.1, 0.15) is 90.9 Å². The van der Waals surface area contributed by atoms with Crippen molar-refractivity contribution in [1.82, 2.24) is 0 Å². The normalized spacial score (nSPS) is 14.4. The third kappa shape index (κ3) is 13.3. The molecule has 22 heavy (non-hydrogen) atoms. The average Bonchev–Trinajstić information content (AvgIpc) is 2.41. The molecule has 0 aromatic heterocycles. The first-order chi connectivity index (χ1) is 9.93. The Morgan fingerprint density at radius 2 is 1.23 bits per heavy atom. The van der Waals surface area contributed by atoms with Crippen LogP contribution in [0.2, 0.25) is 0 Å². The maximum Gasteiger partial charge on any atom is 1.00 e. The van der Waals surface area contributed by atoms with Crippen molar-refractivity contribution in [3.8, 4) is 0 Å². The molecule has 128 valence electrons. The molecule has 4 nitrogen and oxygen atoms in total. The standard InChI is InChI=1S/C16H34O4S.Na/c1-3-5-7-9-10-11-13-15(17)16(21(18,19)20)14-12-8-6-4-2;/h15-17H,3-14H2,1-2H3,(H,18,19,20);/q;+1/p-1. The smallest absolute Gasteiger partial charge is 0.748 e. The number of rotatable bonds is 14. The molecule has 0 rings (SSSR count). The van der Waals surface area contributed by atoms with Crippen LogP contribution in [0.25, 0.3) is 0 Å². The second-order valence-electron chi connectivity index (χ2n) is 6.00. The molecule has 0 saturated carbocycles. The minimum atomic E-state index is -4.40. The fraction of sp³-hybridized carbons (Fsp3) is 1.00. The van der Waals surface area contributed by atoms with Crippen LogP contribution in [0.5, 0.6) is 0 Å². The van der Waals surface area contributed by atoms with Crippen molar-refractivity contribution in [1.29, 1.82) is 0 Å². The van der Waals surface area contributed by atoms with E-state index in [0.29, 0.717) is 19.3 Å². The van der Waals surface area contributed by atoms with E-state index in [9.17, 15) is 18.1 Å². The monoisotopic (exact) mass is 344 g/mol. The van der Waals surface area contributed by atoms with Crippen molar-refractivity contribution in [3.63, 3.8) is 0 Å². The maximum atomic E-state index is 11.3. The molecule has 2 atom stereocenters. The van der Waals surface area contributed by atoms with Gasteiger partial charge in [-0.05, 0) is 12.8 Å². The first-order valence-corrected chi connectivity index (χ1v) is 10.0. The van der Waals surface area contributed by atoms with Crippen LogP contribution in [-0.4, -0.2) is 29.4 Å². The average molecular weight is 344 g/mol. The molecule has 0 fully saturated rings. The summed E-state index contributed by atoms with van der Waals surface area (Å²) in [5.74, 6) is 0. The molecule has 0 aromatic carbocycles. The molecular formula is C16H33NaO4S. The molecule has 0 spiro atoms. The summed E-state index contributed by atoms with van der Waals surface area (Å²) in [4.78, 5) is 0. The Kier molecular flexibility index (Phi) is 17.6. The second kappa shape index (κ2) is 15.4. The molecule has 0 amide bonds. The summed E-state index contributed by atoms with van der Waals surface area (Å²) >= 11 is 0. The van der Waals surface area contributed by atoms with Crippen molar-refractivity contribution in [2.45, 2.75) is 102 Å². The van der Waals surface area contributed by atoms with Crippen molar-refractivity contribution in [2.24, 2.45) is 0 Å². The van der Waals surface area contributed by atoms with Gasteiger partial charge in [0.1, 0.15) is 10.1 Å². The van der Waals surface area contributed by atoms with Crippen LogP contribution >= 0.6 is 0 Å². The number of aliphatic hydroxyl groups is 1.